The van der Waals surface area contributed by atoms with Crippen LogP contribution in [0.3, 0.4) is 0 Å². The van der Waals surface area contributed by atoms with Gasteiger partial charge in [0.1, 0.15) is 0 Å². The molecule has 1 unspecified atom stereocenters. The molecule has 2 aliphatic rings. The predicted octanol–water partition coefficient (Wildman–Crippen LogP) is 3.08. The Labute approximate surface area is 207 Å². The van der Waals surface area contributed by atoms with Gasteiger partial charge in [-0.1, -0.05) is 24.6 Å². The molecule has 2 saturated heterocycles. The fourth-order valence-corrected chi connectivity index (χ4v) is 6.47. The molecule has 2 amide bonds. The molecule has 0 radical (unpaired) electrons. The number of para-hydroxylation sites is 1. The van der Waals surface area contributed by atoms with Crippen LogP contribution in [0, 0.1) is 0 Å². The van der Waals surface area contributed by atoms with Gasteiger partial charge in [-0.05, 0) is 69.0 Å². The summed E-state index contributed by atoms with van der Waals surface area (Å²) in [5.74, 6) is -0.256. The van der Waals surface area contributed by atoms with Crippen molar-refractivity contribution >= 4 is 27.5 Å². The Bertz CT molecular complexity index is 1110. The smallest absolute Gasteiger partial charge is 0.251 e. The third-order valence-electron chi connectivity index (χ3n) is 6.81. The highest BCUT2D eigenvalue weighted by molar-refractivity contribution is 7.89. The number of hydrogen-bond donors (Lipinski definition) is 2. The highest BCUT2D eigenvalue weighted by Crippen LogP contribution is 2.25. The molecule has 2 aromatic carbocycles. The zero-order chi connectivity index (χ0) is 24.8. The predicted molar refractivity (Wildman–Crippen MR) is 136 cm³/mol. The number of sulfonamides is 1. The van der Waals surface area contributed by atoms with Gasteiger partial charge < -0.3 is 10.6 Å². The van der Waals surface area contributed by atoms with Gasteiger partial charge in [0.05, 0.1) is 11.4 Å². The fourth-order valence-electron chi connectivity index (χ4n) is 4.77. The highest BCUT2D eigenvalue weighted by atomic mass is 32.2. The number of nitrogens with zero attached hydrogens (tertiary/aromatic N) is 2. The van der Waals surface area contributed by atoms with E-state index in [-0.39, 0.29) is 28.8 Å². The van der Waals surface area contributed by atoms with E-state index in [2.05, 4.69) is 15.5 Å². The Kier molecular flexibility index (Phi) is 8.20. The lowest BCUT2D eigenvalue weighted by molar-refractivity contribution is -0.117. The zero-order valence-electron chi connectivity index (χ0n) is 20.2. The molecule has 0 aliphatic carbocycles. The Hall–Kier alpha value is -2.75. The number of nitrogens with one attached hydrogen (secondary N) is 2. The van der Waals surface area contributed by atoms with Crippen LogP contribution in [-0.4, -0.2) is 67.7 Å². The molecule has 8 nitrogen and oxygen atoms in total. The molecule has 2 heterocycles. The van der Waals surface area contributed by atoms with Crippen LogP contribution in [0.15, 0.2) is 59.5 Å². The first-order valence-corrected chi connectivity index (χ1v) is 13.8. The van der Waals surface area contributed by atoms with Gasteiger partial charge in [-0.3, -0.25) is 14.5 Å². The lowest BCUT2D eigenvalue weighted by atomic mass is 10.0. The molecule has 0 aromatic heterocycles. The third kappa shape index (κ3) is 6.48. The highest BCUT2D eigenvalue weighted by Gasteiger charge is 2.31. The summed E-state index contributed by atoms with van der Waals surface area (Å²) in [4.78, 5) is 27.3. The second kappa shape index (κ2) is 11.3. The quantitative estimate of drug-likeness (QED) is 0.611. The van der Waals surface area contributed by atoms with E-state index in [1.807, 2.05) is 37.3 Å². The summed E-state index contributed by atoms with van der Waals surface area (Å²) in [6.45, 7) is 4.25. The molecule has 2 fully saturated rings. The topological polar surface area (TPSA) is 98.8 Å². The summed E-state index contributed by atoms with van der Waals surface area (Å²) in [6.07, 6.45) is 4.30. The number of hydrogen-bond acceptors (Lipinski definition) is 5. The first-order valence-electron chi connectivity index (χ1n) is 12.3. The van der Waals surface area contributed by atoms with Crippen LogP contribution in [0.4, 0.5) is 5.69 Å². The van der Waals surface area contributed by atoms with E-state index in [1.165, 1.54) is 12.1 Å². The molecule has 0 saturated carbocycles. The van der Waals surface area contributed by atoms with Gasteiger partial charge in [-0.2, -0.15) is 4.31 Å². The first kappa shape index (κ1) is 25.3. The van der Waals surface area contributed by atoms with Crippen LogP contribution in [0.25, 0.3) is 0 Å². The van der Waals surface area contributed by atoms with Crippen LogP contribution in [0.2, 0.25) is 0 Å². The van der Waals surface area contributed by atoms with Gasteiger partial charge in [0, 0.05) is 43.0 Å². The third-order valence-corrected chi connectivity index (χ3v) is 8.84. The van der Waals surface area contributed by atoms with Gasteiger partial charge in [-0.15, -0.1) is 0 Å². The Morgan fingerprint density at radius 3 is 2.26 bits per heavy atom. The number of carbonyl (C=O) groups is 2. The molecule has 35 heavy (non-hydrogen) atoms. The summed E-state index contributed by atoms with van der Waals surface area (Å²) in [5, 5.41) is 5.95. The Morgan fingerprint density at radius 1 is 0.914 bits per heavy atom. The molecule has 2 N–H and O–H groups in total. The zero-order valence-corrected chi connectivity index (χ0v) is 21.0. The maximum Gasteiger partial charge on any atom is 0.251 e. The van der Waals surface area contributed by atoms with Gasteiger partial charge >= 0.3 is 0 Å². The lowest BCUT2D eigenvalue weighted by Gasteiger charge is -2.32. The first-order chi connectivity index (χ1) is 16.8. The maximum atomic E-state index is 13.0. The Balaban J connectivity index is 1.25. The van der Waals surface area contributed by atoms with Crippen molar-refractivity contribution in [1.29, 1.82) is 0 Å². The number of amides is 2. The van der Waals surface area contributed by atoms with Gasteiger partial charge in [0.2, 0.25) is 15.9 Å². The van der Waals surface area contributed by atoms with E-state index in [1.54, 1.807) is 16.4 Å². The monoisotopic (exact) mass is 498 g/mol. The van der Waals surface area contributed by atoms with E-state index in [0.717, 1.165) is 50.9 Å². The number of piperidine rings is 2. The number of rotatable bonds is 7. The minimum absolute atomic E-state index is 0.00740. The molecule has 0 spiro atoms. The summed E-state index contributed by atoms with van der Waals surface area (Å²) in [6, 6.07) is 15.6. The van der Waals surface area contributed by atoms with E-state index < -0.39 is 10.0 Å². The standard InChI is InChI=1S/C26H34N4O4S/c1-20-7-5-6-16-30(20)35(33,34)24-12-10-21(11-13-24)26(32)28-23-14-17-29(18-15-23)19-25(31)27-22-8-3-2-4-9-22/h2-4,8-13,20,23H,5-7,14-19H2,1H3,(H,27,31)(H,28,32). The van der Waals surface area contributed by atoms with Gasteiger partial charge in [-0.25, -0.2) is 8.42 Å². The normalized spacial score (nSPS) is 20.3. The summed E-state index contributed by atoms with van der Waals surface area (Å²) in [5.41, 5.74) is 1.23. The van der Waals surface area contributed by atoms with Crippen molar-refractivity contribution < 1.29 is 18.0 Å². The second-order valence-electron chi connectivity index (χ2n) is 9.42. The van der Waals surface area contributed by atoms with Crippen molar-refractivity contribution in [3.8, 4) is 0 Å². The molecule has 188 valence electrons. The minimum atomic E-state index is -3.55. The second-order valence-corrected chi connectivity index (χ2v) is 11.3. The van der Waals surface area contributed by atoms with Crippen LogP contribution >= 0.6 is 0 Å². The van der Waals surface area contributed by atoms with E-state index in [0.29, 0.717) is 18.7 Å². The van der Waals surface area contributed by atoms with Crippen molar-refractivity contribution in [2.75, 3.05) is 31.5 Å². The average molecular weight is 499 g/mol. The van der Waals surface area contributed by atoms with Gasteiger partial charge in [0.25, 0.3) is 5.91 Å². The van der Waals surface area contributed by atoms with Crippen LogP contribution in [0.1, 0.15) is 49.4 Å². The molecule has 2 aromatic rings. The van der Waals surface area contributed by atoms with Gasteiger partial charge in [0.15, 0.2) is 0 Å². The van der Waals surface area contributed by atoms with Crippen LogP contribution in [-0.2, 0) is 14.8 Å². The summed E-state index contributed by atoms with van der Waals surface area (Å²) < 4.78 is 27.6. The maximum absolute atomic E-state index is 13.0. The van der Waals surface area contributed by atoms with Crippen molar-refractivity contribution in [3.63, 3.8) is 0 Å². The largest absolute Gasteiger partial charge is 0.349 e. The number of anilines is 1. The summed E-state index contributed by atoms with van der Waals surface area (Å²) >= 11 is 0. The van der Waals surface area contributed by atoms with E-state index in [4.69, 9.17) is 0 Å². The average Bonchev–Trinajstić information content (AvgIpc) is 2.86. The lowest BCUT2D eigenvalue weighted by Crippen LogP contribution is -2.46. The van der Waals surface area contributed by atoms with Crippen molar-refractivity contribution in [1.82, 2.24) is 14.5 Å². The molecule has 0 bridgehead atoms. The molecular weight excluding hydrogens is 464 g/mol. The number of likely N-dealkylation sites (tertiary alicyclic amines) is 1. The SMILES string of the molecule is CC1CCCCN1S(=O)(=O)c1ccc(C(=O)NC2CCN(CC(=O)Nc3ccccc3)CC2)cc1. The van der Waals surface area contributed by atoms with Crippen LogP contribution in [0.5, 0.6) is 0 Å². The fraction of sp³-hybridized carbons (Fsp3) is 0.462. The molecule has 9 heteroatoms. The molecule has 4 rings (SSSR count). The van der Waals surface area contributed by atoms with E-state index in [9.17, 15) is 18.0 Å². The van der Waals surface area contributed by atoms with Crippen LogP contribution < -0.4 is 10.6 Å². The minimum Gasteiger partial charge on any atom is -0.349 e. The van der Waals surface area contributed by atoms with Crippen molar-refractivity contribution in [2.45, 2.75) is 56.0 Å². The van der Waals surface area contributed by atoms with Crippen molar-refractivity contribution in [3.05, 3.63) is 60.2 Å². The molecule has 2 aliphatic heterocycles. The Morgan fingerprint density at radius 2 is 1.60 bits per heavy atom. The number of carbonyl (C=O) groups excluding carboxylic acids is 2. The molecule has 1 atom stereocenters. The summed E-state index contributed by atoms with van der Waals surface area (Å²) in [7, 11) is -3.55. The molecular formula is C26H34N4O4S. The van der Waals surface area contributed by atoms with Crippen molar-refractivity contribution in [2.24, 2.45) is 0 Å². The van der Waals surface area contributed by atoms with E-state index >= 15 is 0 Å². The number of benzene rings is 2.